The van der Waals surface area contributed by atoms with Crippen LogP contribution in [-0.4, -0.2) is 45.6 Å². The Morgan fingerprint density at radius 1 is 1.53 bits per heavy atom. The van der Waals surface area contributed by atoms with Gasteiger partial charge in [-0.15, -0.1) is 0 Å². The van der Waals surface area contributed by atoms with Crippen LogP contribution >= 0.6 is 11.8 Å². The average molecular weight is 254 g/mol. The molecule has 1 unspecified atom stereocenters. The molecule has 0 spiro atoms. The number of imidazole rings is 1. The number of fused-ring (bicyclic) bond motifs is 1. The van der Waals surface area contributed by atoms with Gasteiger partial charge in [-0.1, -0.05) is 0 Å². The van der Waals surface area contributed by atoms with Gasteiger partial charge in [-0.3, -0.25) is 4.90 Å². The largest absolute Gasteiger partial charge is 0.333 e. The first-order chi connectivity index (χ1) is 8.35. The van der Waals surface area contributed by atoms with E-state index in [1.165, 1.54) is 24.4 Å². The van der Waals surface area contributed by atoms with Crippen LogP contribution < -0.4 is 5.73 Å². The second kappa shape index (κ2) is 6.42. The monoisotopic (exact) mass is 254 g/mol. The maximum absolute atomic E-state index is 5.91. The van der Waals surface area contributed by atoms with Gasteiger partial charge < -0.3 is 10.3 Å². The Labute approximate surface area is 108 Å². The molecule has 1 aromatic rings. The fourth-order valence-electron chi connectivity index (χ4n) is 2.42. The van der Waals surface area contributed by atoms with Crippen LogP contribution in [0.15, 0.2) is 12.4 Å². The lowest BCUT2D eigenvalue weighted by Gasteiger charge is -2.34. The summed E-state index contributed by atoms with van der Waals surface area (Å²) in [5.41, 5.74) is 5.91. The fourth-order valence-corrected chi connectivity index (χ4v) is 2.87. The van der Waals surface area contributed by atoms with Gasteiger partial charge in [-0.05, 0) is 24.9 Å². The molecule has 2 rings (SSSR count). The van der Waals surface area contributed by atoms with Crippen molar-refractivity contribution in [1.82, 2.24) is 14.5 Å². The third-order valence-electron chi connectivity index (χ3n) is 3.45. The van der Waals surface area contributed by atoms with E-state index in [4.69, 9.17) is 5.73 Å². The first kappa shape index (κ1) is 12.9. The van der Waals surface area contributed by atoms with Crippen LogP contribution in [0.4, 0.5) is 0 Å². The molecule has 2 heterocycles. The number of thioether (sulfide) groups is 1. The molecule has 0 aromatic carbocycles. The molecule has 0 fully saturated rings. The van der Waals surface area contributed by atoms with Crippen LogP contribution in [0.5, 0.6) is 0 Å². The van der Waals surface area contributed by atoms with Gasteiger partial charge in [0.15, 0.2) is 0 Å². The lowest BCUT2D eigenvalue weighted by Crippen LogP contribution is -2.44. The minimum absolute atomic E-state index is 0.521. The molecule has 5 heteroatoms. The van der Waals surface area contributed by atoms with Gasteiger partial charge in [0.25, 0.3) is 0 Å². The molecular formula is C12H22N4S. The van der Waals surface area contributed by atoms with Crippen LogP contribution in [-0.2, 0) is 13.1 Å². The number of rotatable bonds is 6. The lowest BCUT2D eigenvalue weighted by atomic mass is 10.1. The Hall–Kier alpha value is -0.520. The van der Waals surface area contributed by atoms with Crippen molar-refractivity contribution in [3.8, 4) is 0 Å². The Balaban J connectivity index is 1.88. The molecule has 4 nitrogen and oxygen atoms in total. The molecule has 1 aliphatic heterocycles. The zero-order valence-electron chi connectivity index (χ0n) is 10.5. The fraction of sp³-hybridized carbons (Fsp3) is 0.750. The van der Waals surface area contributed by atoms with E-state index in [2.05, 4.69) is 26.9 Å². The molecule has 0 aliphatic carbocycles. The molecule has 1 aromatic heterocycles. The Morgan fingerprint density at radius 2 is 2.41 bits per heavy atom. The highest BCUT2D eigenvalue weighted by atomic mass is 32.2. The summed E-state index contributed by atoms with van der Waals surface area (Å²) in [5, 5.41) is 0. The number of aromatic nitrogens is 2. The van der Waals surface area contributed by atoms with E-state index in [0.29, 0.717) is 6.04 Å². The third-order valence-corrected chi connectivity index (χ3v) is 4.15. The van der Waals surface area contributed by atoms with Crippen molar-refractivity contribution >= 4 is 11.8 Å². The van der Waals surface area contributed by atoms with Gasteiger partial charge in [0, 0.05) is 38.1 Å². The minimum Gasteiger partial charge on any atom is -0.333 e. The molecule has 0 radical (unpaired) electrons. The molecule has 0 amide bonds. The number of nitrogens with zero attached hydrogens (tertiary/aromatic N) is 3. The van der Waals surface area contributed by atoms with Crippen LogP contribution in [0.3, 0.4) is 0 Å². The zero-order chi connectivity index (χ0) is 12.1. The molecule has 1 atom stereocenters. The van der Waals surface area contributed by atoms with E-state index in [9.17, 15) is 0 Å². The molecular weight excluding hydrogens is 232 g/mol. The SMILES string of the molecule is CSCCCC(CN)N1CCn2ccnc2C1. The van der Waals surface area contributed by atoms with Crippen LogP contribution in [0.1, 0.15) is 18.7 Å². The van der Waals surface area contributed by atoms with Gasteiger partial charge in [0.2, 0.25) is 0 Å². The summed E-state index contributed by atoms with van der Waals surface area (Å²) in [5.74, 6) is 2.42. The van der Waals surface area contributed by atoms with Gasteiger partial charge in [0.05, 0.1) is 6.54 Å². The number of hydrogen-bond donors (Lipinski definition) is 1. The topological polar surface area (TPSA) is 47.1 Å². The highest BCUT2D eigenvalue weighted by Crippen LogP contribution is 2.16. The lowest BCUT2D eigenvalue weighted by molar-refractivity contribution is 0.148. The normalized spacial score (nSPS) is 18.0. The van der Waals surface area contributed by atoms with Gasteiger partial charge in [-0.2, -0.15) is 11.8 Å². The van der Waals surface area contributed by atoms with Crippen molar-refractivity contribution in [2.45, 2.75) is 32.0 Å². The van der Waals surface area contributed by atoms with Crippen LogP contribution in [0, 0.1) is 0 Å². The van der Waals surface area contributed by atoms with Crippen molar-refractivity contribution in [2.24, 2.45) is 5.73 Å². The van der Waals surface area contributed by atoms with Crippen LogP contribution in [0.25, 0.3) is 0 Å². The molecule has 17 heavy (non-hydrogen) atoms. The standard InChI is InChI=1S/C12H22N4S/c1-17-8-2-3-11(9-13)16-7-6-15-5-4-14-12(15)10-16/h4-5,11H,2-3,6-10,13H2,1H3. The van der Waals surface area contributed by atoms with Crippen molar-refractivity contribution in [2.75, 3.05) is 25.1 Å². The second-order valence-corrected chi connectivity index (χ2v) is 5.52. The van der Waals surface area contributed by atoms with Crippen molar-refractivity contribution in [3.63, 3.8) is 0 Å². The molecule has 0 saturated carbocycles. The first-order valence-electron chi connectivity index (χ1n) is 6.28. The van der Waals surface area contributed by atoms with E-state index < -0.39 is 0 Å². The summed E-state index contributed by atoms with van der Waals surface area (Å²) in [6.45, 7) is 3.86. The highest BCUT2D eigenvalue weighted by Gasteiger charge is 2.22. The summed E-state index contributed by atoms with van der Waals surface area (Å²) < 4.78 is 2.24. The predicted molar refractivity (Wildman–Crippen MR) is 73.1 cm³/mol. The minimum atomic E-state index is 0.521. The summed E-state index contributed by atoms with van der Waals surface area (Å²) in [4.78, 5) is 6.89. The van der Waals surface area contributed by atoms with E-state index >= 15 is 0 Å². The van der Waals surface area contributed by atoms with Gasteiger partial charge >= 0.3 is 0 Å². The van der Waals surface area contributed by atoms with E-state index in [-0.39, 0.29) is 0 Å². The van der Waals surface area contributed by atoms with Crippen LogP contribution in [0.2, 0.25) is 0 Å². The van der Waals surface area contributed by atoms with Gasteiger partial charge in [0.1, 0.15) is 5.82 Å². The van der Waals surface area contributed by atoms with Crippen molar-refractivity contribution < 1.29 is 0 Å². The van der Waals surface area contributed by atoms with E-state index in [1.54, 1.807) is 0 Å². The Kier molecular flexibility index (Phi) is 4.88. The van der Waals surface area contributed by atoms with E-state index in [1.807, 2.05) is 18.0 Å². The molecule has 0 saturated heterocycles. The van der Waals surface area contributed by atoms with Gasteiger partial charge in [-0.25, -0.2) is 4.98 Å². The Bertz CT molecular complexity index is 339. The first-order valence-corrected chi connectivity index (χ1v) is 7.67. The molecule has 0 bridgehead atoms. The summed E-state index contributed by atoms with van der Waals surface area (Å²) in [6.07, 6.45) is 8.59. The number of nitrogens with two attached hydrogens (primary N) is 1. The average Bonchev–Trinajstić information content (AvgIpc) is 2.82. The quantitative estimate of drug-likeness (QED) is 0.774. The Morgan fingerprint density at radius 3 is 3.18 bits per heavy atom. The summed E-state index contributed by atoms with van der Waals surface area (Å²) in [7, 11) is 0. The zero-order valence-corrected chi connectivity index (χ0v) is 11.3. The maximum atomic E-state index is 5.91. The maximum Gasteiger partial charge on any atom is 0.122 e. The number of hydrogen-bond acceptors (Lipinski definition) is 4. The van der Waals surface area contributed by atoms with Crippen molar-refractivity contribution in [3.05, 3.63) is 18.2 Å². The molecule has 2 N–H and O–H groups in total. The third kappa shape index (κ3) is 3.24. The summed E-state index contributed by atoms with van der Waals surface area (Å²) in [6, 6.07) is 0.521. The van der Waals surface area contributed by atoms with E-state index in [0.717, 1.165) is 26.2 Å². The van der Waals surface area contributed by atoms with Crippen molar-refractivity contribution in [1.29, 1.82) is 0 Å². The predicted octanol–water partition coefficient (Wildman–Crippen LogP) is 1.17. The second-order valence-electron chi connectivity index (χ2n) is 4.53. The molecule has 96 valence electrons. The highest BCUT2D eigenvalue weighted by molar-refractivity contribution is 7.98. The smallest absolute Gasteiger partial charge is 0.122 e. The molecule has 1 aliphatic rings. The summed E-state index contributed by atoms with van der Waals surface area (Å²) >= 11 is 1.91.